The number of amidine groups is 2. The second-order valence-electron chi connectivity index (χ2n) is 8.13. The fourth-order valence-corrected chi connectivity index (χ4v) is 4.33. The van der Waals surface area contributed by atoms with E-state index in [1.54, 1.807) is 43.5 Å². The molecule has 1 saturated heterocycles. The number of hydrogen-bond donors (Lipinski definition) is 4. The van der Waals surface area contributed by atoms with Crippen LogP contribution in [0.3, 0.4) is 0 Å². The van der Waals surface area contributed by atoms with Gasteiger partial charge in [0.15, 0.2) is 5.84 Å². The van der Waals surface area contributed by atoms with Gasteiger partial charge in [-0.05, 0) is 55.3 Å². The van der Waals surface area contributed by atoms with Crippen LogP contribution in [0, 0.1) is 22.4 Å². The Labute approximate surface area is 212 Å². The van der Waals surface area contributed by atoms with E-state index in [2.05, 4.69) is 36.4 Å². The number of ether oxygens (including phenoxy) is 2. The Kier molecular flexibility index (Phi) is 7.60. The van der Waals surface area contributed by atoms with Gasteiger partial charge in [-0.15, -0.1) is 10.2 Å². The molecule has 1 aliphatic rings. The van der Waals surface area contributed by atoms with Gasteiger partial charge in [0.2, 0.25) is 5.84 Å². The van der Waals surface area contributed by atoms with Crippen molar-refractivity contribution in [2.45, 2.75) is 25.7 Å². The topological polar surface area (TPSA) is 208 Å². The largest absolute Gasteiger partial charge is 0.489 e. The summed E-state index contributed by atoms with van der Waals surface area (Å²) in [6.07, 6.45) is 1.62. The minimum absolute atomic E-state index is 0.0189. The number of aromatic nitrogens is 1. The first-order valence-electron chi connectivity index (χ1n) is 11.3. The summed E-state index contributed by atoms with van der Waals surface area (Å²) in [5, 5.41) is 24.0. The minimum atomic E-state index is -0.156. The lowest BCUT2D eigenvalue weighted by molar-refractivity contribution is 0.111. The molecule has 13 nitrogen and oxygen atoms in total. The number of nitrogens with two attached hydrogens (primary N) is 2. The molecule has 0 saturated carbocycles. The van der Waals surface area contributed by atoms with Crippen molar-refractivity contribution in [3.63, 3.8) is 0 Å². The molecule has 6 N–H and O–H groups in total. The molecule has 0 bridgehead atoms. The molecule has 13 heteroatoms. The number of fused-ring (bicyclic) bond motifs is 1. The van der Waals surface area contributed by atoms with Crippen LogP contribution >= 0.6 is 0 Å². The number of pyridine rings is 1. The van der Waals surface area contributed by atoms with Gasteiger partial charge in [-0.2, -0.15) is 15.5 Å². The first-order valence-corrected chi connectivity index (χ1v) is 11.3. The third kappa shape index (κ3) is 5.04. The molecule has 2 aromatic carbocycles. The zero-order valence-corrected chi connectivity index (χ0v) is 20.0. The smallest absolute Gasteiger partial charge is 0.218 e. The molecule has 0 radical (unpaired) electrons. The van der Waals surface area contributed by atoms with Crippen LogP contribution in [0.25, 0.3) is 10.9 Å². The van der Waals surface area contributed by atoms with Crippen molar-refractivity contribution >= 4 is 28.3 Å². The molecule has 1 fully saturated rings. The number of benzene rings is 2. The van der Waals surface area contributed by atoms with E-state index in [1.165, 1.54) is 0 Å². The summed E-state index contributed by atoms with van der Waals surface area (Å²) >= 11 is 0. The lowest BCUT2D eigenvalue weighted by Crippen LogP contribution is -2.31. The molecule has 37 heavy (non-hydrogen) atoms. The maximum absolute atomic E-state index is 9.02. The van der Waals surface area contributed by atoms with Gasteiger partial charge in [0.05, 0.1) is 22.8 Å². The van der Waals surface area contributed by atoms with Crippen molar-refractivity contribution in [2.75, 3.05) is 18.6 Å². The number of hydrazone groups is 2. The third-order valence-corrected chi connectivity index (χ3v) is 6.10. The van der Waals surface area contributed by atoms with E-state index in [9.17, 15) is 0 Å². The van der Waals surface area contributed by atoms with Crippen LogP contribution < -0.4 is 21.3 Å². The van der Waals surface area contributed by atoms with Gasteiger partial charge in [-0.25, -0.2) is 16.0 Å². The van der Waals surface area contributed by atoms with E-state index in [0.717, 1.165) is 30.5 Å². The molecule has 1 atom stereocenters. The molecular formula is C24H25N11O2. The van der Waals surface area contributed by atoms with Crippen LogP contribution in [-0.4, -0.2) is 36.5 Å². The summed E-state index contributed by atoms with van der Waals surface area (Å²) in [4.78, 5) is 6.75. The highest BCUT2D eigenvalue weighted by Crippen LogP contribution is 2.35. The summed E-state index contributed by atoms with van der Waals surface area (Å²) in [6, 6.07) is 14.1. The van der Waals surface area contributed by atoms with E-state index in [0.29, 0.717) is 33.7 Å². The highest BCUT2D eigenvalue weighted by molar-refractivity contribution is 6.07. The summed E-state index contributed by atoms with van der Waals surface area (Å²) in [5.41, 5.74) is 18.4. The fourth-order valence-electron chi connectivity index (χ4n) is 4.33. The first-order chi connectivity index (χ1) is 18.1. The van der Waals surface area contributed by atoms with Gasteiger partial charge in [-0.3, -0.25) is 0 Å². The number of nitriles is 1. The van der Waals surface area contributed by atoms with Gasteiger partial charge in [0, 0.05) is 30.2 Å². The summed E-state index contributed by atoms with van der Waals surface area (Å²) in [5.74, 6) is 11.6. The molecule has 1 aromatic heterocycles. The lowest BCUT2D eigenvalue weighted by Gasteiger charge is -2.27. The number of nitrogens with one attached hydrogen (secondary N) is 2. The lowest BCUT2D eigenvalue weighted by atomic mass is 10.0. The van der Waals surface area contributed by atoms with E-state index < -0.39 is 0 Å². The van der Waals surface area contributed by atoms with Gasteiger partial charge in [0.25, 0.3) is 0 Å². The summed E-state index contributed by atoms with van der Waals surface area (Å²) in [7, 11) is 1.65. The second-order valence-corrected chi connectivity index (χ2v) is 8.13. The quantitative estimate of drug-likeness (QED) is 0.125. The van der Waals surface area contributed by atoms with Crippen LogP contribution in [0.15, 0.2) is 62.9 Å². The second kappa shape index (κ2) is 11.2. The van der Waals surface area contributed by atoms with E-state index in [4.69, 9.17) is 37.5 Å². The first kappa shape index (κ1) is 25.1. The zero-order chi connectivity index (χ0) is 26.4. The SMILES string of the molecule is COC1CCCN1c1cc(C(N=N)=NN)nc2cc(COc3ccc(C#N)cc3)c(C(N=N)=NN)cc12. The molecule has 188 valence electrons. The standard InChI is InChI=1S/C24H25N11O2/c1-36-22-3-2-8-35(22)21-11-20(24(33-28)34-29)30-19-9-15(17(10-18(19)21)23(31-26)32-27)13-37-16-6-4-14(12-25)5-7-16/h4-7,9-11,22,26,28H,2-3,8,13,27,29H2,1H3. The Bertz CT molecular complexity index is 1430. The number of rotatable bonds is 7. The summed E-state index contributed by atoms with van der Waals surface area (Å²) in [6.45, 7) is 0.821. The normalized spacial score (nSPS) is 16.0. The molecule has 1 aliphatic heterocycles. The Morgan fingerprint density at radius 1 is 1.14 bits per heavy atom. The number of nitrogens with zero attached hydrogens (tertiary/aromatic N) is 7. The van der Waals surface area contributed by atoms with E-state index in [-0.39, 0.29) is 24.5 Å². The Balaban J connectivity index is 1.89. The molecule has 4 rings (SSSR count). The Hall–Kier alpha value is -4.96. The van der Waals surface area contributed by atoms with Crippen LogP contribution in [0.4, 0.5) is 5.69 Å². The molecule has 0 spiro atoms. The molecule has 1 unspecified atom stereocenters. The third-order valence-electron chi connectivity index (χ3n) is 6.10. The van der Waals surface area contributed by atoms with Crippen LogP contribution in [0.5, 0.6) is 5.75 Å². The molecule has 0 amide bonds. The van der Waals surface area contributed by atoms with Crippen molar-refractivity contribution in [3.8, 4) is 11.8 Å². The van der Waals surface area contributed by atoms with Gasteiger partial charge >= 0.3 is 0 Å². The maximum Gasteiger partial charge on any atom is 0.218 e. The molecular weight excluding hydrogens is 474 g/mol. The van der Waals surface area contributed by atoms with Crippen LogP contribution in [0.1, 0.15) is 35.2 Å². The molecule has 0 aliphatic carbocycles. The van der Waals surface area contributed by atoms with Crippen molar-refractivity contribution < 1.29 is 9.47 Å². The Morgan fingerprint density at radius 2 is 1.86 bits per heavy atom. The Morgan fingerprint density at radius 3 is 2.49 bits per heavy atom. The van der Waals surface area contributed by atoms with Crippen molar-refractivity contribution in [3.05, 3.63) is 64.8 Å². The van der Waals surface area contributed by atoms with Crippen molar-refractivity contribution in [1.29, 1.82) is 16.3 Å². The van der Waals surface area contributed by atoms with E-state index in [1.807, 2.05) is 6.07 Å². The minimum Gasteiger partial charge on any atom is -0.489 e. The predicted octanol–water partition coefficient (Wildman–Crippen LogP) is 3.56. The van der Waals surface area contributed by atoms with Crippen LogP contribution in [-0.2, 0) is 11.3 Å². The average molecular weight is 500 g/mol. The van der Waals surface area contributed by atoms with Crippen molar-refractivity contribution in [1.82, 2.24) is 4.98 Å². The van der Waals surface area contributed by atoms with Crippen LogP contribution in [0.2, 0.25) is 0 Å². The zero-order valence-electron chi connectivity index (χ0n) is 20.0. The van der Waals surface area contributed by atoms with Gasteiger partial charge in [-0.1, -0.05) is 0 Å². The molecule has 2 heterocycles. The van der Waals surface area contributed by atoms with Crippen molar-refractivity contribution in [2.24, 2.45) is 32.1 Å². The van der Waals surface area contributed by atoms with Gasteiger partial charge in [0.1, 0.15) is 24.3 Å². The summed E-state index contributed by atoms with van der Waals surface area (Å²) < 4.78 is 11.6. The number of methoxy groups -OCH3 is 1. The maximum atomic E-state index is 9.02. The van der Waals surface area contributed by atoms with Gasteiger partial charge < -0.3 is 26.1 Å². The predicted molar refractivity (Wildman–Crippen MR) is 136 cm³/mol. The number of hydrogen-bond acceptors (Lipinski definition) is 11. The fraction of sp³-hybridized carbons (Fsp3) is 0.250. The molecule has 3 aromatic rings. The average Bonchev–Trinajstić information content (AvgIpc) is 3.42. The highest BCUT2D eigenvalue weighted by atomic mass is 16.5. The number of anilines is 1. The van der Waals surface area contributed by atoms with E-state index >= 15 is 0 Å². The monoisotopic (exact) mass is 499 g/mol. The highest BCUT2D eigenvalue weighted by Gasteiger charge is 2.28.